The third-order valence-electron chi connectivity index (χ3n) is 5.08. The Kier molecular flexibility index (Phi) is 5.06. The van der Waals surface area contributed by atoms with Crippen molar-refractivity contribution in [3.8, 4) is 0 Å². The molecule has 0 N–H and O–H groups in total. The summed E-state index contributed by atoms with van der Waals surface area (Å²) in [5, 5.41) is 4.36. The van der Waals surface area contributed by atoms with Crippen molar-refractivity contribution >= 4 is 11.9 Å². The molecule has 1 fully saturated rings. The zero-order valence-corrected chi connectivity index (χ0v) is 14.7. The Bertz CT molecular complexity index is 600. The molecule has 2 aliphatic rings. The van der Waals surface area contributed by atoms with Crippen molar-refractivity contribution in [1.29, 1.82) is 0 Å². The first-order chi connectivity index (χ1) is 11.7. The van der Waals surface area contributed by atoms with Gasteiger partial charge in [-0.15, -0.1) is 0 Å². The van der Waals surface area contributed by atoms with Crippen molar-refractivity contribution in [2.45, 2.75) is 39.7 Å². The van der Waals surface area contributed by atoms with E-state index in [0.717, 1.165) is 50.2 Å². The molecule has 0 aromatic carbocycles. The molecule has 3 rings (SSSR count). The Hall–Kier alpha value is -2.05. The maximum atomic E-state index is 12.8. The highest BCUT2D eigenvalue weighted by molar-refractivity contribution is 5.95. The van der Waals surface area contributed by atoms with Gasteiger partial charge in [0, 0.05) is 45.8 Å². The van der Waals surface area contributed by atoms with Crippen molar-refractivity contribution < 1.29 is 9.59 Å². The second-order valence-corrected chi connectivity index (χ2v) is 6.42. The molecule has 0 aliphatic carbocycles. The maximum Gasteiger partial charge on any atom is 0.320 e. The maximum absolute atomic E-state index is 12.8. The zero-order valence-electron chi connectivity index (χ0n) is 14.7. The molecule has 1 aromatic rings. The van der Waals surface area contributed by atoms with Crippen LogP contribution in [0, 0.1) is 0 Å². The van der Waals surface area contributed by atoms with E-state index >= 15 is 0 Å². The summed E-state index contributed by atoms with van der Waals surface area (Å²) < 4.78 is 1.97. The van der Waals surface area contributed by atoms with E-state index in [4.69, 9.17) is 0 Å². The molecule has 3 amide bonds. The number of piperazine rings is 1. The second-order valence-electron chi connectivity index (χ2n) is 6.42. The monoisotopic (exact) mass is 333 g/mol. The summed E-state index contributed by atoms with van der Waals surface area (Å²) in [5.74, 6) is 0.0630. The van der Waals surface area contributed by atoms with Crippen LogP contribution < -0.4 is 0 Å². The zero-order chi connectivity index (χ0) is 17.1. The topological polar surface area (TPSA) is 61.7 Å². The summed E-state index contributed by atoms with van der Waals surface area (Å²) in [7, 11) is 0. The van der Waals surface area contributed by atoms with Gasteiger partial charge in [-0.3, -0.25) is 9.48 Å². The number of urea groups is 1. The highest BCUT2D eigenvalue weighted by atomic mass is 16.2. The second kappa shape index (κ2) is 7.23. The predicted octanol–water partition coefficient (Wildman–Crippen LogP) is 1.44. The van der Waals surface area contributed by atoms with Gasteiger partial charge in [-0.2, -0.15) is 5.10 Å². The Balaban J connectivity index is 1.61. The van der Waals surface area contributed by atoms with Gasteiger partial charge in [0.25, 0.3) is 5.91 Å². The van der Waals surface area contributed by atoms with E-state index in [1.54, 1.807) is 6.20 Å². The van der Waals surface area contributed by atoms with Crippen LogP contribution in [0.5, 0.6) is 0 Å². The number of nitrogens with zero attached hydrogens (tertiary/aromatic N) is 5. The largest absolute Gasteiger partial charge is 0.335 e. The Morgan fingerprint density at radius 2 is 1.71 bits per heavy atom. The molecular weight excluding hydrogens is 306 g/mol. The number of hydrogen-bond donors (Lipinski definition) is 0. The molecule has 0 radical (unpaired) electrons. The van der Waals surface area contributed by atoms with Gasteiger partial charge in [0.2, 0.25) is 0 Å². The quantitative estimate of drug-likeness (QED) is 0.841. The molecule has 0 atom stereocenters. The molecular formula is C17H27N5O2. The van der Waals surface area contributed by atoms with E-state index in [1.165, 1.54) is 0 Å². The van der Waals surface area contributed by atoms with Crippen molar-refractivity contribution in [3.63, 3.8) is 0 Å². The van der Waals surface area contributed by atoms with Crippen molar-refractivity contribution in [1.82, 2.24) is 24.5 Å². The molecule has 1 saturated heterocycles. The van der Waals surface area contributed by atoms with Crippen LogP contribution in [0.4, 0.5) is 4.79 Å². The standard InChI is InChI=1S/C17H27N5O2/c1-3-19(4-2)17(24)21-11-9-20(10-12-21)16(23)14-13-18-22-8-6-5-7-15(14)22/h13H,3-12H2,1-2H3. The number of fused-ring (bicyclic) bond motifs is 1. The van der Waals surface area contributed by atoms with Gasteiger partial charge < -0.3 is 14.7 Å². The Labute approximate surface area is 143 Å². The molecule has 132 valence electrons. The third kappa shape index (κ3) is 3.12. The van der Waals surface area contributed by atoms with E-state index in [0.29, 0.717) is 26.2 Å². The van der Waals surface area contributed by atoms with Crippen LogP contribution in [0.3, 0.4) is 0 Å². The highest BCUT2D eigenvalue weighted by Gasteiger charge is 2.29. The van der Waals surface area contributed by atoms with Gasteiger partial charge in [0.05, 0.1) is 17.5 Å². The van der Waals surface area contributed by atoms with E-state index in [-0.39, 0.29) is 11.9 Å². The van der Waals surface area contributed by atoms with Gasteiger partial charge in [0.15, 0.2) is 0 Å². The van der Waals surface area contributed by atoms with Crippen LogP contribution in [0.1, 0.15) is 42.7 Å². The van der Waals surface area contributed by atoms with Gasteiger partial charge in [-0.1, -0.05) is 0 Å². The number of rotatable bonds is 3. The smallest absolute Gasteiger partial charge is 0.320 e. The number of carbonyl (C=O) groups is 2. The van der Waals surface area contributed by atoms with E-state index < -0.39 is 0 Å². The fourth-order valence-electron chi connectivity index (χ4n) is 3.57. The van der Waals surface area contributed by atoms with Gasteiger partial charge in [0.1, 0.15) is 0 Å². The van der Waals surface area contributed by atoms with Crippen LogP contribution in [0.2, 0.25) is 0 Å². The lowest BCUT2D eigenvalue weighted by Gasteiger charge is -2.37. The van der Waals surface area contributed by atoms with Crippen LogP contribution in [-0.4, -0.2) is 75.7 Å². The summed E-state index contributed by atoms with van der Waals surface area (Å²) in [6.45, 7) is 8.72. The SMILES string of the molecule is CCN(CC)C(=O)N1CCN(C(=O)c2cnn3c2CCCC3)CC1. The molecule has 7 nitrogen and oxygen atoms in total. The van der Waals surface area contributed by atoms with E-state index in [2.05, 4.69) is 5.10 Å². The number of carbonyl (C=O) groups excluding carboxylic acids is 2. The van der Waals surface area contributed by atoms with Crippen LogP contribution in [0.25, 0.3) is 0 Å². The van der Waals surface area contributed by atoms with Gasteiger partial charge in [-0.05, 0) is 33.1 Å². The molecule has 2 aliphatic heterocycles. The minimum atomic E-state index is 0.0630. The number of hydrogen-bond acceptors (Lipinski definition) is 3. The normalized spacial score (nSPS) is 17.6. The highest BCUT2D eigenvalue weighted by Crippen LogP contribution is 2.20. The lowest BCUT2D eigenvalue weighted by Crippen LogP contribution is -2.54. The average molecular weight is 333 g/mol. The number of aryl methyl sites for hydroxylation is 1. The summed E-state index contributed by atoms with van der Waals surface area (Å²) in [6, 6.07) is 0.0787. The first-order valence-corrected chi connectivity index (χ1v) is 9.03. The minimum absolute atomic E-state index is 0.0630. The first-order valence-electron chi connectivity index (χ1n) is 9.03. The molecule has 1 aromatic heterocycles. The van der Waals surface area contributed by atoms with Crippen LogP contribution in [0.15, 0.2) is 6.20 Å². The Morgan fingerprint density at radius 3 is 2.38 bits per heavy atom. The van der Waals surface area contributed by atoms with Gasteiger partial charge >= 0.3 is 6.03 Å². The van der Waals surface area contributed by atoms with Crippen LogP contribution in [-0.2, 0) is 13.0 Å². The predicted molar refractivity (Wildman–Crippen MR) is 91.0 cm³/mol. The summed E-state index contributed by atoms with van der Waals surface area (Å²) in [4.78, 5) is 30.7. The molecule has 0 saturated carbocycles. The molecule has 0 bridgehead atoms. The lowest BCUT2D eigenvalue weighted by atomic mass is 10.1. The molecule has 0 unspecified atom stereocenters. The lowest BCUT2D eigenvalue weighted by molar-refractivity contribution is 0.0640. The number of aromatic nitrogens is 2. The van der Waals surface area contributed by atoms with E-state index in [1.807, 2.05) is 33.2 Å². The van der Waals surface area contributed by atoms with Gasteiger partial charge in [-0.25, -0.2) is 4.79 Å². The molecule has 24 heavy (non-hydrogen) atoms. The average Bonchev–Trinajstić information content (AvgIpc) is 3.06. The fourth-order valence-corrected chi connectivity index (χ4v) is 3.57. The van der Waals surface area contributed by atoms with Crippen LogP contribution >= 0.6 is 0 Å². The number of amides is 3. The first kappa shape index (κ1) is 16.8. The molecule has 0 spiro atoms. The third-order valence-corrected chi connectivity index (χ3v) is 5.08. The molecule has 3 heterocycles. The fraction of sp³-hybridized carbons (Fsp3) is 0.706. The Morgan fingerprint density at radius 1 is 1.04 bits per heavy atom. The molecule has 7 heteroatoms. The van der Waals surface area contributed by atoms with Crippen molar-refractivity contribution in [3.05, 3.63) is 17.5 Å². The minimum Gasteiger partial charge on any atom is -0.335 e. The summed E-state index contributed by atoms with van der Waals surface area (Å²) >= 11 is 0. The summed E-state index contributed by atoms with van der Waals surface area (Å²) in [6.07, 6.45) is 4.91. The van der Waals surface area contributed by atoms with E-state index in [9.17, 15) is 9.59 Å². The summed E-state index contributed by atoms with van der Waals surface area (Å²) in [5.41, 5.74) is 1.83. The van der Waals surface area contributed by atoms with Crippen molar-refractivity contribution in [2.75, 3.05) is 39.3 Å². The van der Waals surface area contributed by atoms with Crippen molar-refractivity contribution in [2.24, 2.45) is 0 Å².